The van der Waals surface area contributed by atoms with Gasteiger partial charge in [0.25, 0.3) is 5.91 Å². The van der Waals surface area contributed by atoms with Crippen molar-refractivity contribution in [2.45, 2.75) is 17.7 Å². The number of hydrogen-bond acceptors (Lipinski definition) is 5. The lowest BCUT2D eigenvalue weighted by molar-refractivity contribution is 0.0980. The normalized spacial score (nSPS) is 14.5. The van der Waals surface area contributed by atoms with Crippen LogP contribution in [0.5, 0.6) is 0 Å². The van der Waals surface area contributed by atoms with Crippen molar-refractivity contribution in [3.05, 3.63) is 48.0 Å². The van der Waals surface area contributed by atoms with Crippen LogP contribution < -0.4 is 4.90 Å². The third-order valence-corrected chi connectivity index (χ3v) is 5.79. The van der Waals surface area contributed by atoms with Gasteiger partial charge in [-0.1, -0.05) is 6.07 Å². The van der Waals surface area contributed by atoms with Crippen LogP contribution >= 0.6 is 0 Å². The zero-order chi connectivity index (χ0) is 17.3. The zero-order valence-electron chi connectivity index (χ0n) is 13.5. The van der Waals surface area contributed by atoms with E-state index in [9.17, 15) is 13.2 Å². The predicted molar refractivity (Wildman–Crippen MR) is 89.3 cm³/mol. The maximum Gasteiger partial charge on any atom is 0.278 e. The summed E-state index contributed by atoms with van der Waals surface area (Å²) < 4.78 is 25.9. The fourth-order valence-electron chi connectivity index (χ4n) is 2.68. The highest BCUT2D eigenvalue weighted by Gasteiger charge is 2.27. The van der Waals surface area contributed by atoms with Gasteiger partial charge in [-0.3, -0.25) is 9.78 Å². The highest BCUT2D eigenvalue weighted by molar-refractivity contribution is 7.89. The molecule has 1 aromatic heterocycles. The lowest BCUT2D eigenvalue weighted by atomic mass is 10.0. The van der Waals surface area contributed by atoms with E-state index in [1.165, 1.54) is 32.7 Å². The zero-order valence-corrected chi connectivity index (χ0v) is 14.3. The maximum absolute atomic E-state index is 12.7. The first kappa shape index (κ1) is 16.5. The first-order valence-corrected chi connectivity index (χ1v) is 8.98. The minimum Gasteiger partial charge on any atom is -0.307 e. The molecule has 0 fully saturated rings. The lowest BCUT2D eigenvalue weighted by Gasteiger charge is -2.29. The van der Waals surface area contributed by atoms with Gasteiger partial charge in [-0.25, -0.2) is 17.7 Å². The Morgan fingerprint density at radius 2 is 2.04 bits per heavy atom. The Morgan fingerprint density at radius 1 is 1.25 bits per heavy atom. The number of hydrogen-bond donors (Lipinski definition) is 0. The van der Waals surface area contributed by atoms with Crippen LogP contribution in [0, 0.1) is 0 Å². The van der Waals surface area contributed by atoms with E-state index in [1.54, 1.807) is 23.1 Å². The molecular formula is C16H18N4O3S. The number of anilines is 1. The molecular weight excluding hydrogens is 328 g/mol. The molecule has 7 nitrogen and oxygen atoms in total. The lowest BCUT2D eigenvalue weighted by Crippen LogP contribution is -2.36. The van der Waals surface area contributed by atoms with Crippen LogP contribution in [0.2, 0.25) is 0 Å². The number of amides is 1. The molecule has 0 unspecified atom stereocenters. The van der Waals surface area contributed by atoms with Crippen LogP contribution in [0.15, 0.2) is 41.7 Å². The van der Waals surface area contributed by atoms with Crippen molar-refractivity contribution in [1.29, 1.82) is 0 Å². The molecule has 2 aromatic rings. The van der Waals surface area contributed by atoms with Crippen LogP contribution in [0.3, 0.4) is 0 Å². The second-order valence-corrected chi connectivity index (χ2v) is 7.88. The van der Waals surface area contributed by atoms with E-state index >= 15 is 0 Å². The Labute approximate surface area is 141 Å². The SMILES string of the molecule is CN(C)S(=O)(=O)c1ccc2c(c1)N(C(=O)c1cnccn1)CCC2. The molecule has 1 aromatic carbocycles. The number of carbonyl (C=O) groups is 1. The van der Waals surface area contributed by atoms with Crippen LogP contribution in [0.1, 0.15) is 22.5 Å². The molecule has 0 spiro atoms. The van der Waals surface area contributed by atoms with Gasteiger partial charge >= 0.3 is 0 Å². The number of sulfonamides is 1. The van der Waals surface area contributed by atoms with Crippen LogP contribution in [-0.2, 0) is 16.4 Å². The summed E-state index contributed by atoms with van der Waals surface area (Å²) in [5, 5.41) is 0. The first-order chi connectivity index (χ1) is 11.4. The first-order valence-electron chi connectivity index (χ1n) is 7.54. The van der Waals surface area contributed by atoms with Crippen LogP contribution in [-0.4, -0.2) is 49.2 Å². The fraction of sp³-hybridized carbons (Fsp3) is 0.312. The molecule has 126 valence electrons. The second-order valence-electron chi connectivity index (χ2n) is 5.73. The van der Waals surface area contributed by atoms with Crippen LogP contribution in [0.4, 0.5) is 5.69 Å². The quantitative estimate of drug-likeness (QED) is 0.837. The summed E-state index contributed by atoms with van der Waals surface area (Å²) in [6.45, 7) is 0.522. The van der Waals surface area contributed by atoms with Gasteiger partial charge in [-0.05, 0) is 30.5 Å². The Hall–Kier alpha value is -2.32. The molecule has 24 heavy (non-hydrogen) atoms. The standard InChI is InChI=1S/C16H18N4O3S/c1-19(2)24(22,23)13-6-5-12-4-3-9-20(15(12)10-13)16(21)14-11-17-7-8-18-14/h5-8,10-11H,3-4,9H2,1-2H3. The summed E-state index contributed by atoms with van der Waals surface area (Å²) in [5.41, 5.74) is 1.82. The van der Waals surface area contributed by atoms with E-state index < -0.39 is 10.0 Å². The summed E-state index contributed by atoms with van der Waals surface area (Å²) >= 11 is 0. The van der Waals surface area contributed by atoms with Gasteiger partial charge in [0.1, 0.15) is 5.69 Å². The Balaban J connectivity index is 2.05. The highest BCUT2D eigenvalue weighted by Crippen LogP contribution is 2.31. The van der Waals surface area contributed by atoms with Gasteiger partial charge in [0.05, 0.1) is 11.1 Å². The number of aromatic nitrogens is 2. The van der Waals surface area contributed by atoms with Crippen molar-refractivity contribution in [3.8, 4) is 0 Å². The van der Waals surface area contributed by atoms with Crippen molar-refractivity contribution in [2.75, 3.05) is 25.5 Å². The highest BCUT2D eigenvalue weighted by atomic mass is 32.2. The molecule has 1 aliphatic rings. The number of benzene rings is 1. The molecule has 3 rings (SSSR count). The molecule has 1 amide bonds. The molecule has 0 saturated carbocycles. The van der Waals surface area contributed by atoms with E-state index in [0.717, 1.165) is 22.7 Å². The average Bonchev–Trinajstić information content (AvgIpc) is 2.60. The summed E-state index contributed by atoms with van der Waals surface area (Å²) in [5.74, 6) is -0.275. The molecule has 0 saturated heterocycles. The van der Waals surface area contributed by atoms with E-state index in [1.807, 2.05) is 0 Å². The van der Waals surface area contributed by atoms with Gasteiger partial charge in [0.2, 0.25) is 10.0 Å². The summed E-state index contributed by atoms with van der Waals surface area (Å²) in [7, 11) is -0.590. The molecule has 0 N–H and O–H groups in total. The van der Waals surface area contributed by atoms with Gasteiger partial charge in [0, 0.05) is 38.7 Å². The monoisotopic (exact) mass is 346 g/mol. The molecule has 0 aliphatic carbocycles. The minimum absolute atomic E-state index is 0.171. The van der Waals surface area contributed by atoms with Crippen molar-refractivity contribution in [1.82, 2.24) is 14.3 Å². The van der Waals surface area contributed by atoms with E-state index in [2.05, 4.69) is 9.97 Å². The van der Waals surface area contributed by atoms with Gasteiger partial charge in [-0.15, -0.1) is 0 Å². The second kappa shape index (κ2) is 6.29. The van der Waals surface area contributed by atoms with Crippen molar-refractivity contribution >= 4 is 21.6 Å². The maximum atomic E-state index is 12.7. The molecule has 2 heterocycles. The summed E-state index contributed by atoms with van der Waals surface area (Å²) in [4.78, 5) is 22.4. The fourth-order valence-corrected chi connectivity index (χ4v) is 3.61. The summed E-state index contributed by atoms with van der Waals surface area (Å²) in [6.07, 6.45) is 6.01. The van der Waals surface area contributed by atoms with E-state index in [0.29, 0.717) is 12.2 Å². The largest absolute Gasteiger partial charge is 0.307 e. The van der Waals surface area contributed by atoms with E-state index in [-0.39, 0.29) is 16.5 Å². The molecule has 0 bridgehead atoms. The van der Waals surface area contributed by atoms with Gasteiger partial charge in [0.15, 0.2) is 0 Å². The number of carbonyl (C=O) groups excluding carboxylic acids is 1. The topological polar surface area (TPSA) is 83.5 Å². The van der Waals surface area contributed by atoms with Crippen molar-refractivity contribution in [2.24, 2.45) is 0 Å². The minimum atomic E-state index is -3.56. The Bertz CT molecular complexity index is 866. The van der Waals surface area contributed by atoms with Crippen molar-refractivity contribution < 1.29 is 13.2 Å². The predicted octanol–water partition coefficient (Wildman–Crippen LogP) is 1.32. The van der Waals surface area contributed by atoms with Gasteiger partial charge < -0.3 is 4.90 Å². The number of fused-ring (bicyclic) bond motifs is 1. The molecule has 8 heteroatoms. The molecule has 1 aliphatic heterocycles. The van der Waals surface area contributed by atoms with Gasteiger partial charge in [-0.2, -0.15) is 0 Å². The summed E-state index contributed by atoms with van der Waals surface area (Å²) in [6, 6.07) is 4.93. The average molecular weight is 346 g/mol. The van der Waals surface area contributed by atoms with Crippen LogP contribution in [0.25, 0.3) is 0 Å². The third-order valence-electron chi connectivity index (χ3n) is 3.98. The Morgan fingerprint density at radius 3 is 2.71 bits per heavy atom. The number of aryl methyl sites for hydroxylation is 1. The Kier molecular flexibility index (Phi) is 4.33. The number of rotatable bonds is 3. The van der Waals surface area contributed by atoms with Crippen molar-refractivity contribution in [3.63, 3.8) is 0 Å². The third kappa shape index (κ3) is 2.90. The smallest absolute Gasteiger partial charge is 0.278 e. The van der Waals surface area contributed by atoms with E-state index in [4.69, 9.17) is 0 Å². The molecule has 0 radical (unpaired) electrons. The number of nitrogens with zero attached hydrogens (tertiary/aromatic N) is 4. The molecule has 0 atom stereocenters.